The molecule has 28 heavy (non-hydrogen) atoms. The van der Waals surface area contributed by atoms with Crippen molar-refractivity contribution in [3.63, 3.8) is 0 Å². The Morgan fingerprint density at radius 2 is 1.43 bits per heavy atom. The molecular formula is C22H29NO5. The van der Waals surface area contributed by atoms with Gasteiger partial charge in [0.2, 0.25) is 5.91 Å². The van der Waals surface area contributed by atoms with Gasteiger partial charge in [-0.05, 0) is 48.2 Å². The second-order valence-corrected chi connectivity index (χ2v) is 6.33. The van der Waals surface area contributed by atoms with Gasteiger partial charge in [-0.15, -0.1) is 0 Å². The molecule has 1 N–H and O–H groups in total. The Labute approximate surface area is 166 Å². The van der Waals surface area contributed by atoms with E-state index < -0.39 is 0 Å². The van der Waals surface area contributed by atoms with Crippen LogP contribution in [-0.2, 0) is 11.2 Å². The SMILES string of the molecule is CC[C@H](NC(=O)CCc1ccc(OC)c(OC)c1)c1ccc(OC)c(OC)c1. The van der Waals surface area contributed by atoms with Crippen LogP contribution < -0.4 is 24.3 Å². The van der Waals surface area contributed by atoms with Crippen molar-refractivity contribution >= 4 is 5.91 Å². The van der Waals surface area contributed by atoms with Crippen LogP contribution in [-0.4, -0.2) is 34.3 Å². The number of benzene rings is 2. The summed E-state index contributed by atoms with van der Waals surface area (Å²) < 4.78 is 21.2. The van der Waals surface area contributed by atoms with E-state index in [0.29, 0.717) is 35.8 Å². The molecule has 0 heterocycles. The Hall–Kier alpha value is -2.89. The summed E-state index contributed by atoms with van der Waals surface area (Å²) in [4.78, 5) is 12.5. The van der Waals surface area contributed by atoms with Gasteiger partial charge in [0, 0.05) is 6.42 Å². The van der Waals surface area contributed by atoms with Gasteiger partial charge in [0.25, 0.3) is 0 Å². The van der Waals surface area contributed by atoms with Gasteiger partial charge in [-0.3, -0.25) is 4.79 Å². The molecule has 0 saturated heterocycles. The fourth-order valence-corrected chi connectivity index (χ4v) is 3.05. The number of rotatable bonds is 10. The topological polar surface area (TPSA) is 66.0 Å². The molecule has 0 aliphatic carbocycles. The van der Waals surface area contributed by atoms with Gasteiger partial charge in [0.1, 0.15) is 0 Å². The summed E-state index contributed by atoms with van der Waals surface area (Å²) in [6.07, 6.45) is 1.78. The van der Waals surface area contributed by atoms with Gasteiger partial charge in [0.05, 0.1) is 34.5 Å². The molecule has 152 valence electrons. The zero-order valence-corrected chi connectivity index (χ0v) is 17.2. The minimum absolute atomic E-state index is 0.00332. The smallest absolute Gasteiger partial charge is 0.220 e. The van der Waals surface area contributed by atoms with Gasteiger partial charge in [-0.2, -0.15) is 0 Å². The van der Waals surface area contributed by atoms with E-state index in [1.807, 2.05) is 43.3 Å². The third-order valence-corrected chi connectivity index (χ3v) is 4.64. The molecule has 2 aromatic rings. The number of carbonyl (C=O) groups is 1. The lowest BCUT2D eigenvalue weighted by Crippen LogP contribution is -2.28. The number of amides is 1. The maximum Gasteiger partial charge on any atom is 0.220 e. The first kappa shape index (κ1) is 21.4. The predicted molar refractivity (Wildman–Crippen MR) is 109 cm³/mol. The molecule has 0 aromatic heterocycles. The summed E-state index contributed by atoms with van der Waals surface area (Å²) in [5, 5.41) is 3.10. The zero-order valence-electron chi connectivity index (χ0n) is 17.2. The quantitative estimate of drug-likeness (QED) is 0.669. The molecular weight excluding hydrogens is 358 g/mol. The molecule has 1 amide bonds. The van der Waals surface area contributed by atoms with Gasteiger partial charge < -0.3 is 24.3 Å². The maximum atomic E-state index is 12.5. The largest absolute Gasteiger partial charge is 0.493 e. The molecule has 0 fully saturated rings. The molecule has 0 unspecified atom stereocenters. The lowest BCUT2D eigenvalue weighted by molar-refractivity contribution is -0.121. The molecule has 0 saturated carbocycles. The molecule has 0 spiro atoms. The monoisotopic (exact) mass is 387 g/mol. The van der Waals surface area contributed by atoms with Crippen LogP contribution in [0.3, 0.4) is 0 Å². The molecule has 1 atom stereocenters. The van der Waals surface area contributed by atoms with Crippen molar-refractivity contribution in [2.45, 2.75) is 32.2 Å². The number of carbonyl (C=O) groups excluding carboxylic acids is 1. The molecule has 2 rings (SSSR count). The average Bonchev–Trinajstić information content (AvgIpc) is 2.75. The van der Waals surface area contributed by atoms with E-state index in [4.69, 9.17) is 18.9 Å². The maximum absolute atomic E-state index is 12.5. The van der Waals surface area contributed by atoms with Crippen molar-refractivity contribution in [1.29, 1.82) is 0 Å². The molecule has 0 aliphatic rings. The predicted octanol–water partition coefficient (Wildman–Crippen LogP) is 3.92. The Balaban J connectivity index is 2.01. The van der Waals surface area contributed by atoms with Crippen LogP contribution >= 0.6 is 0 Å². The highest BCUT2D eigenvalue weighted by Gasteiger charge is 2.15. The summed E-state index contributed by atoms with van der Waals surface area (Å²) in [6.45, 7) is 2.04. The molecule has 0 aliphatic heterocycles. The third kappa shape index (κ3) is 5.31. The van der Waals surface area contributed by atoms with Crippen molar-refractivity contribution in [3.05, 3.63) is 47.5 Å². The summed E-state index contributed by atoms with van der Waals surface area (Å²) >= 11 is 0. The number of ether oxygens (including phenoxy) is 4. The normalized spacial score (nSPS) is 11.5. The minimum Gasteiger partial charge on any atom is -0.493 e. The lowest BCUT2D eigenvalue weighted by Gasteiger charge is -2.19. The van der Waals surface area contributed by atoms with E-state index in [0.717, 1.165) is 17.5 Å². The second kappa shape index (κ2) is 10.4. The Morgan fingerprint density at radius 3 is 2.00 bits per heavy atom. The van der Waals surface area contributed by atoms with Crippen LogP contribution in [0, 0.1) is 0 Å². The van der Waals surface area contributed by atoms with Crippen LogP contribution in [0.5, 0.6) is 23.0 Å². The zero-order chi connectivity index (χ0) is 20.5. The van der Waals surface area contributed by atoms with Crippen molar-refractivity contribution in [1.82, 2.24) is 5.32 Å². The number of methoxy groups -OCH3 is 4. The minimum atomic E-state index is -0.0855. The Bertz CT molecular complexity index is 790. The van der Waals surface area contributed by atoms with E-state index in [1.165, 1.54) is 0 Å². The van der Waals surface area contributed by atoms with Crippen LogP contribution in [0.4, 0.5) is 0 Å². The number of aryl methyl sites for hydroxylation is 1. The van der Waals surface area contributed by atoms with E-state index in [9.17, 15) is 4.79 Å². The highest BCUT2D eigenvalue weighted by Crippen LogP contribution is 2.31. The molecule has 6 nitrogen and oxygen atoms in total. The van der Waals surface area contributed by atoms with Crippen molar-refractivity contribution in [3.8, 4) is 23.0 Å². The third-order valence-electron chi connectivity index (χ3n) is 4.64. The molecule has 2 aromatic carbocycles. The van der Waals surface area contributed by atoms with Gasteiger partial charge in [-0.25, -0.2) is 0 Å². The van der Waals surface area contributed by atoms with Crippen molar-refractivity contribution < 1.29 is 23.7 Å². The number of hydrogen-bond donors (Lipinski definition) is 1. The standard InChI is InChI=1S/C22H29NO5/c1-6-17(16-9-11-19(26-3)21(14-16)28-5)23-22(24)12-8-15-7-10-18(25-2)20(13-15)27-4/h7,9-11,13-14,17H,6,8,12H2,1-5H3,(H,23,24)/t17-/m0/s1. The van der Waals surface area contributed by atoms with Crippen LogP contribution in [0.25, 0.3) is 0 Å². The molecule has 0 radical (unpaired) electrons. The second-order valence-electron chi connectivity index (χ2n) is 6.33. The molecule has 6 heteroatoms. The summed E-state index contributed by atoms with van der Waals surface area (Å²) in [5.41, 5.74) is 2.01. The lowest BCUT2D eigenvalue weighted by atomic mass is 10.0. The summed E-state index contributed by atoms with van der Waals surface area (Å²) in [6, 6.07) is 11.3. The van der Waals surface area contributed by atoms with E-state index in [1.54, 1.807) is 28.4 Å². The Morgan fingerprint density at radius 1 is 0.857 bits per heavy atom. The van der Waals surface area contributed by atoms with Crippen LogP contribution in [0.1, 0.15) is 36.9 Å². The fraction of sp³-hybridized carbons (Fsp3) is 0.409. The fourth-order valence-electron chi connectivity index (χ4n) is 3.05. The highest BCUT2D eigenvalue weighted by molar-refractivity contribution is 5.76. The van der Waals surface area contributed by atoms with Gasteiger partial charge in [0.15, 0.2) is 23.0 Å². The van der Waals surface area contributed by atoms with Gasteiger partial charge in [-0.1, -0.05) is 19.1 Å². The molecule has 0 bridgehead atoms. The van der Waals surface area contributed by atoms with Crippen molar-refractivity contribution in [2.75, 3.05) is 28.4 Å². The van der Waals surface area contributed by atoms with Crippen LogP contribution in [0.2, 0.25) is 0 Å². The van der Waals surface area contributed by atoms with E-state index in [-0.39, 0.29) is 11.9 Å². The highest BCUT2D eigenvalue weighted by atomic mass is 16.5. The first-order chi connectivity index (χ1) is 13.6. The van der Waals surface area contributed by atoms with E-state index in [2.05, 4.69) is 5.32 Å². The first-order valence-corrected chi connectivity index (χ1v) is 9.28. The van der Waals surface area contributed by atoms with Crippen LogP contribution in [0.15, 0.2) is 36.4 Å². The number of nitrogens with one attached hydrogen (secondary N) is 1. The summed E-state index contributed by atoms with van der Waals surface area (Å²) in [5.74, 6) is 2.66. The average molecular weight is 387 g/mol. The van der Waals surface area contributed by atoms with Crippen molar-refractivity contribution in [2.24, 2.45) is 0 Å². The van der Waals surface area contributed by atoms with E-state index >= 15 is 0 Å². The van der Waals surface area contributed by atoms with Gasteiger partial charge >= 0.3 is 0 Å². The first-order valence-electron chi connectivity index (χ1n) is 9.28. The summed E-state index contributed by atoms with van der Waals surface area (Å²) in [7, 11) is 6.41. The number of hydrogen-bond acceptors (Lipinski definition) is 5. The Kier molecular flexibility index (Phi) is 7.99.